The third-order valence-electron chi connectivity index (χ3n) is 4.40. The summed E-state index contributed by atoms with van der Waals surface area (Å²) in [5.41, 5.74) is 1.16. The number of carbonyl (C=O) groups excluding carboxylic acids is 1. The molecule has 2 rings (SSSR count). The number of nitrogens with one attached hydrogen (secondary N) is 1. The molecular formula is C18H29ClN2O2. The van der Waals surface area contributed by atoms with Crippen molar-refractivity contribution in [3.8, 4) is 5.75 Å². The van der Waals surface area contributed by atoms with Crippen molar-refractivity contribution in [3.63, 3.8) is 0 Å². The Balaban J connectivity index is 0.00000264. The molecule has 1 saturated heterocycles. The SMILES string of the molecule is CCCN(C(=O)CC(C)c1cccc(OC)c1)C1CCNC1.Cl. The van der Waals surface area contributed by atoms with Gasteiger partial charge in [-0.25, -0.2) is 0 Å². The van der Waals surface area contributed by atoms with Gasteiger partial charge in [0.25, 0.3) is 0 Å². The minimum Gasteiger partial charge on any atom is -0.497 e. The normalized spacial score (nSPS) is 18.1. The molecular weight excluding hydrogens is 312 g/mol. The van der Waals surface area contributed by atoms with Crippen LogP contribution in [0.4, 0.5) is 0 Å². The number of benzene rings is 1. The van der Waals surface area contributed by atoms with E-state index in [0.717, 1.165) is 43.8 Å². The highest BCUT2D eigenvalue weighted by atomic mass is 35.5. The molecule has 0 aromatic heterocycles. The van der Waals surface area contributed by atoms with Gasteiger partial charge in [-0.2, -0.15) is 0 Å². The summed E-state index contributed by atoms with van der Waals surface area (Å²) in [5.74, 6) is 1.32. The first-order valence-electron chi connectivity index (χ1n) is 8.29. The largest absolute Gasteiger partial charge is 0.497 e. The van der Waals surface area contributed by atoms with Crippen molar-refractivity contribution in [2.45, 2.75) is 45.1 Å². The number of halogens is 1. The van der Waals surface area contributed by atoms with Crippen molar-refractivity contribution in [2.24, 2.45) is 0 Å². The molecule has 1 aromatic rings. The second kappa shape index (κ2) is 9.78. The lowest BCUT2D eigenvalue weighted by Gasteiger charge is -2.29. The lowest BCUT2D eigenvalue weighted by Crippen LogP contribution is -2.42. The third-order valence-corrected chi connectivity index (χ3v) is 4.40. The van der Waals surface area contributed by atoms with Crippen molar-refractivity contribution in [1.82, 2.24) is 10.2 Å². The van der Waals surface area contributed by atoms with Gasteiger partial charge >= 0.3 is 0 Å². The molecule has 4 nitrogen and oxygen atoms in total. The van der Waals surface area contributed by atoms with E-state index in [4.69, 9.17) is 4.74 Å². The summed E-state index contributed by atoms with van der Waals surface area (Å²) in [4.78, 5) is 14.8. The predicted octanol–water partition coefficient (Wildman–Crippen LogP) is 3.21. The number of ether oxygens (including phenoxy) is 1. The molecule has 2 unspecified atom stereocenters. The molecule has 23 heavy (non-hydrogen) atoms. The van der Waals surface area contributed by atoms with Crippen LogP contribution in [0.5, 0.6) is 5.75 Å². The Hall–Kier alpha value is -1.26. The quantitative estimate of drug-likeness (QED) is 0.828. The van der Waals surface area contributed by atoms with Gasteiger partial charge in [-0.3, -0.25) is 4.79 Å². The molecule has 0 spiro atoms. The lowest BCUT2D eigenvalue weighted by atomic mass is 9.96. The fourth-order valence-corrected chi connectivity index (χ4v) is 3.10. The average molecular weight is 341 g/mol. The van der Waals surface area contributed by atoms with Crippen molar-refractivity contribution in [2.75, 3.05) is 26.7 Å². The van der Waals surface area contributed by atoms with E-state index < -0.39 is 0 Å². The van der Waals surface area contributed by atoms with E-state index in [0.29, 0.717) is 12.5 Å². The Kier molecular flexibility index (Phi) is 8.42. The summed E-state index contributed by atoms with van der Waals surface area (Å²) in [5, 5.41) is 3.36. The molecule has 1 amide bonds. The van der Waals surface area contributed by atoms with Crippen LogP contribution in [0.15, 0.2) is 24.3 Å². The van der Waals surface area contributed by atoms with Crippen molar-refractivity contribution in [1.29, 1.82) is 0 Å². The van der Waals surface area contributed by atoms with Gasteiger partial charge in [0.15, 0.2) is 0 Å². The first kappa shape index (κ1) is 19.8. The molecule has 5 heteroatoms. The average Bonchev–Trinajstić information content (AvgIpc) is 3.06. The number of carbonyl (C=O) groups is 1. The van der Waals surface area contributed by atoms with Gasteiger partial charge in [-0.05, 0) is 43.0 Å². The molecule has 130 valence electrons. The maximum atomic E-state index is 12.7. The van der Waals surface area contributed by atoms with E-state index in [1.807, 2.05) is 18.2 Å². The number of amides is 1. The van der Waals surface area contributed by atoms with Crippen LogP contribution >= 0.6 is 12.4 Å². The smallest absolute Gasteiger partial charge is 0.223 e. The van der Waals surface area contributed by atoms with Gasteiger partial charge < -0.3 is 15.0 Å². The van der Waals surface area contributed by atoms with E-state index in [9.17, 15) is 4.79 Å². The van der Waals surface area contributed by atoms with E-state index in [-0.39, 0.29) is 24.2 Å². The van der Waals surface area contributed by atoms with Crippen molar-refractivity contribution >= 4 is 18.3 Å². The monoisotopic (exact) mass is 340 g/mol. The second-order valence-electron chi connectivity index (χ2n) is 6.12. The van der Waals surface area contributed by atoms with Gasteiger partial charge in [0.1, 0.15) is 5.75 Å². The van der Waals surface area contributed by atoms with Crippen LogP contribution in [0, 0.1) is 0 Å². The molecule has 1 fully saturated rings. The van der Waals surface area contributed by atoms with Crippen LogP contribution in [0.2, 0.25) is 0 Å². The maximum Gasteiger partial charge on any atom is 0.223 e. The number of rotatable bonds is 7. The van der Waals surface area contributed by atoms with Crippen LogP contribution in [0.1, 0.15) is 44.6 Å². The van der Waals surface area contributed by atoms with Crippen LogP contribution in [0.25, 0.3) is 0 Å². The number of hydrogen-bond acceptors (Lipinski definition) is 3. The van der Waals surface area contributed by atoms with Gasteiger partial charge in [-0.1, -0.05) is 26.0 Å². The first-order chi connectivity index (χ1) is 10.7. The maximum absolute atomic E-state index is 12.7. The molecule has 0 bridgehead atoms. The van der Waals surface area contributed by atoms with Gasteiger partial charge in [0.05, 0.1) is 7.11 Å². The molecule has 0 saturated carbocycles. The summed E-state index contributed by atoms with van der Waals surface area (Å²) < 4.78 is 5.27. The summed E-state index contributed by atoms with van der Waals surface area (Å²) in [7, 11) is 1.67. The standard InChI is InChI=1S/C18H28N2O2.ClH/c1-4-10-20(16-8-9-19-13-16)18(21)11-14(2)15-6-5-7-17(12-15)22-3;/h5-7,12,14,16,19H,4,8-11,13H2,1-3H3;1H. The van der Waals surface area contributed by atoms with Gasteiger partial charge in [0.2, 0.25) is 5.91 Å². The molecule has 2 atom stereocenters. The highest BCUT2D eigenvalue weighted by Gasteiger charge is 2.26. The van der Waals surface area contributed by atoms with Gasteiger partial charge in [-0.15, -0.1) is 12.4 Å². The minimum absolute atomic E-state index is 0. The van der Waals surface area contributed by atoms with E-state index in [1.165, 1.54) is 0 Å². The van der Waals surface area contributed by atoms with Crippen LogP contribution < -0.4 is 10.1 Å². The fourth-order valence-electron chi connectivity index (χ4n) is 3.10. The van der Waals surface area contributed by atoms with E-state index >= 15 is 0 Å². The van der Waals surface area contributed by atoms with Crippen LogP contribution in [-0.4, -0.2) is 43.6 Å². The molecule has 1 heterocycles. The zero-order valence-corrected chi connectivity index (χ0v) is 15.2. The lowest BCUT2D eigenvalue weighted by molar-refractivity contribution is -0.133. The summed E-state index contributed by atoms with van der Waals surface area (Å²) in [6, 6.07) is 8.39. The summed E-state index contributed by atoms with van der Waals surface area (Å²) >= 11 is 0. The molecule has 1 N–H and O–H groups in total. The number of hydrogen-bond donors (Lipinski definition) is 1. The highest BCUT2D eigenvalue weighted by molar-refractivity contribution is 5.85. The van der Waals surface area contributed by atoms with Crippen molar-refractivity contribution in [3.05, 3.63) is 29.8 Å². The third kappa shape index (κ3) is 5.40. The molecule has 1 aromatic carbocycles. The molecule has 0 radical (unpaired) electrons. The number of nitrogens with zero attached hydrogens (tertiary/aromatic N) is 1. The summed E-state index contributed by atoms with van der Waals surface area (Å²) in [6.07, 6.45) is 2.64. The zero-order chi connectivity index (χ0) is 15.9. The Bertz CT molecular complexity index is 490. The summed E-state index contributed by atoms with van der Waals surface area (Å²) in [6.45, 7) is 7.05. The topological polar surface area (TPSA) is 41.6 Å². The van der Waals surface area contributed by atoms with Crippen LogP contribution in [0.3, 0.4) is 0 Å². The predicted molar refractivity (Wildman–Crippen MR) is 96.6 cm³/mol. The minimum atomic E-state index is 0. The second-order valence-corrected chi connectivity index (χ2v) is 6.12. The van der Waals surface area contributed by atoms with E-state index in [1.54, 1.807) is 7.11 Å². The van der Waals surface area contributed by atoms with E-state index in [2.05, 4.69) is 30.1 Å². The molecule has 1 aliphatic rings. The first-order valence-corrected chi connectivity index (χ1v) is 8.29. The van der Waals surface area contributed by atoms with Crippen molar-refractivity contribution < 1.29 is 9.53 Å². The van der Waals surface area contributed by atoms with Crippen LogP contribution in [-0.2, 0) is 4.79 Å². The highest BCUT2D eigenvalue weighted by Crippen LogP contribution is 2.24. The van der Waals surface area contributed by atoms with Gasteiger partial charge in [0, 0.05) is 25.6 Å². The Labute approximate surface area is 146 Å². The molecule has 0 aliphatic carbocycles. The Morgan fingerprint density at radius 2 is 2.26 bits per heavy atom. The zero-order valence-electron chi connectivity index (χ0n) is 14.4. The number of methoxy groups -OCH3 is 1. The fraction of sp³-hybridized carbons (Fsp3) is 0.611. The Morgan fingerprint density at radius 3 is 2.87 bits per heavy atom. The molecule has 1 aliphatic heterocycles. The Morgan fingerprint density at radius 1 is 1.48 bits per heavy atom.